The van der Waals surface area contributed by atoms with Gasteiger partial charge in [0.15, 0.2) is 0 Å². The van der Waals surface area contributed by atoms with Gasteiger partial charge in [0.1, 0.15) is 5.75 Å². The molecular weight excluding hydrogens is 326 g/mol. The van der Waals surface area contributed by atoms with Crippen LogP contribution in [0.15, 0.2) is 48.5 Å². The molecular formula is C21H27N3O2. The number of carbonyl (C=O) groups is 1. The largest absolute Gasteiger partial charge is 0.491 e. The van der Waals surface area contributed by atoms with Gasteiger partial charge in [-0.3, -0.25) is 4.79 Å². The van der Waals surface area contributed by atoms with Crippen molar-refractivity contribution in [3.63, 3.8) is 0 Å². The zero-order valence-corrected chi connectivity index (χ0v) is 15.5. The van der Waals surface area contributed by atoms with Crippen LogP contribution in [0.2, 0.25) is 0 Å². The van der Waals surface area contributed by atoms with E-state index in [0.717, 1.165) is 30.2 Å². The molecule has 0 bridgehead atoms. The van der Waals surface area contributed by atoms with Gasteiger partial charge in [0.25, 0.3) is 0 Å². The molecule has 0 unspecified atom stereocenters. The number of rotatable bonds is 7. The van der Waals surface area contributed by atoms with E-state index in [4.69, 9.17) is 4.74 Å². The van der Waals surface area contributed by atoms with Crippen molar-refractivity contribution in [2.75, 3.05) is 35.2 Å². The van der Waals surface area contributed by atoms with Crippen LogP contribution in [-0.4, -0.2) is 31.6 Å². The second kappa shape index (κ2) is 8.61. The fourth-order valence-electron chi connectivity index (χ4n) is 3.04. The van der Waals surface area contributed by atoms with Crippen molar-refractivity contribution in [1.29, 1.82) is 0 Å². The Labute approximate surface area is 155 Å². The van der Waals surface area contributed by atoms with E-state index in [2.05, 4.69) is 27.7 Å². The van der Waals surface area contributed by atoms with Crippen LogP contribution in [0.4, 0.5) is 17.1 Å². The summed E-state index contributed by atoms with van der Waals surface area (Å²) in [5, 5.41) is 6.05. The van der Waals surface area contributed by atoms with Gasteiger partial charge in [0, 0.05) is 30.2 Å². The van der Waals surface area contributed by atoms with Crippen LogP contribution in [0.25, 0.3) is 0 Å². The maximum absolute atomic E-state index is 12.1. The van der Waals surface area contributed by atoms with E-state index in [9.17, 15) is 4.79 Å². The molecule has 0 radical (unpaired) electrons. The average Bonchev–Trinajstić information content (AvgIpc) is 3.16. The molecule has 1 aliphatic heterocycles. The van der Waals surface area contributed by atoms with E-state index in [1.54, 1.807) is 0 Å². The van der Waals surface area contributed by atoms with Crippen molar-refractivity contribution < 1.29 is 9.53 Å². The molecule has 26 heavy (non-hydrogen) atoms. The van der Waals surface area contributed by atoms with Crippen molar-refractivity contribution in [1.82, 2.24) is 0 Å². The first kappa shape index (κ1) is 18.1. The molecule has 0 saturated carbocycles. The molecule has 1 aliphatic rings. The Hall–Kier alpha value is -2.69. The first-order valence-corrected chi connectivity index (χ1v) is 9.25. The summed E-state index contributed by atoms with van der Waals surface area (Å²) in [5.41, 5.74) is 2.96. The Morgan fingerprint density at radius 2 is 1.62 bits per heavy atom. The molecule has 1 heterocycles. The smallest absolute Gasteiger partial charge is 0.243 e. The second-order valence-electron chi connectivity index (χ2n) is 6.83. The minimum absolute atomic E-state index is 0.0776. The van der Waals surface area contributed by atoms with Gasteiger partial charge in [-0.15, -0.1) is 0 Å². The SMILES string of the molecule is CC(C)Oc1ccc(NC(=O)CNc2ccc(N3CCCC3)cc2)cc1. The van der Waals surface area contributed by atoms with Gasteiger partial charge < -0.3 is 20.3 Å². The van der Waals surface area contributed by atoms with E-state index >= 15 is 0 Å². The molecule has 1 saturated heterocycles. The number of hydrogen-bond acceptors (Lipinski definition) is 4. The number of benzene rings is 2. The summed E-state index contributed by atoms with van der Waals surface area (Å²) in [5.74, 6) is 0.723. The number of nitrogens with zero attached hydrogens (tertiary/aromatic N) is 1. The fourth-order valence-corrected chi connectivity index (χ4v) is 3.04. The standard InChI is InChI=1S/C21H27N3O2/c1-16(2)26-20-11-7-18(8-12-20)23-21(25)15-22-17-5-9-19(10-6-17)24-13-3-4-14-24/h5-12,16,22H,3-4,13-15H2,1-2H3,(H,23,25). The van der Waals surface area contributed by atoms with Crippen molar-refractivity contribution in [3.05, 3.63) is 48.5 Å². The Balaban J connectivity index is 1.46. The molecule has 1 amide bonds. The molecule has 0 spiro atoms. The number of nitrogens with one attached hydrogen (secondary N) is 2. The van der Waals surface area contributed by atoms with E-state index in [0.29, 0.717) is 0 Å². The van der Waals surface area contributed by atoms with E-state index in [1.807, 2.05) is 50.2 Å². The number of anilines is 3. The van der Waals surface area contributed by atoms with E-state index in [1.165, 1.54) is 18.5 Å². The molecule has 2 N–H and O–H groups in total. The third-order valence-corrected chi connectivity index (χ3v) is 4.30. The third-order valence-electron chi connectivity index (χ3n) is 4.30. The summed E-state index contributed by atoms with van der Waals surface area (Å²) in [6.07, 6.45) is 2.67. The monoisotopic (exact) mass is 353 g/mol. The summed E-state index contributed by atoms with van der Waals surface area (Å²) in [4.78, 5) is 14.5. The second-order valence-corrected chi connectivity index (χ2v) is 6.83. The first-order chi connectivity index (χ1) is 12.6. The number of amides is 1. The zero-order valence-electron chi connectivity index (χ0n) is 15.5. The minimum Gasteiger partial charge on any atom is -0.491 e. The van der Waals surface area contributed by atoms with Crippen LogP contribution < -0.4 is 20.3 Å². The molecule has 0 aromatic heterocycles. The van der Waals surface area contributed by atoms with Crippen LogP contribution in [0.5, 0.6) is 5.75 Å². The van der Waals surface area contributed by atoms with Crippen molar-refractivity contribution >= 4 is 23.0 Å². The highest BCUT2D eigenvalue weighted by atomic mass is 16.5. The van der Waals surface area contributed by atoms with Crippen LogP contribution in [0.3, 0.4) is 0 Å². The summed E-state index contributed by atoms with van der Waals surface area (Å²) >= 11 is 0. The molecule has 5 heteroatoms. The highest BCUT2D eigenvalue weighted by Gasteiger charge is 2.11. The van der Waals surface area contributed by atoms with Gasteiger partial charge in [-0.2, -0.15) is 0 Å². The van der Waals surface area contributed by atoms with Crippen molar-refractivity contribution in [2.24, 2.45) is 0 Å². The Morgan fingerprint density at radius 3 is 2.23 bits per heavy atom. The maximum atomic E-state index is 12.1. The Bertz CT molecular complexity index is 705. The van der Waals surface area contributed by atoms with Crippen molar-refractivity contribution in [3.8, 4) is 5.75 Å². The highest BCUT2D eigenvalue weighted by molar-refractivity contribution is 5.93. The summed E-state index contributed by atoms with van der Waals surface area (Å²) < 4.78 is 5.60. The normalized spacial score (nSPS) is 13.7. The lowest BCUT2D eigenvalue weighted by molar-refractivity contribution is -0.114. The van der Waals surface area contributed by atoms with Crippen LogP contribution in [-0.2, 0) is 4.79 Å². The fraction of sp³-hybridized carbons (Fsp3) is 0.381. The number of ether oxygens (including phenoxy) is 1. The molecule has 2 aromatic rings. The Morgan fingerprint density at radius 1 is 1.00 bits per heavy atom. The topological polar surface area (TPSA) is 53.6 Å². The van der Waals surface area contributed by atoms with Gasteiger partial charge in [-0.25, -0.2) is 0 Å². The molecule has 0 atom stereocenters. The quantitative estimate of drug-likeness (QED) is 0.786. The molecule has 0 aliphatic carbocycles. The van der Waals surface area contributed by atoms with Gasteiger partial charge >= 0.3 is 0 Å². The summed E-state index contributed by atoms with van der Waals surface area (Å²) in [6, 6.07) is 15.7. The minimum atomic E-state index is -0.0776. The number of hydrogen-bond donors (Lipinski definition) is 2. The predicted octanol–water partition coefficient (Wildman–Crippen LogP) is 4.12. The average molecular weight is 353 g/mol. The van der Waals surface area contributed by atoms with Gasteiger partial charge in [-0.05, 0) is 75.2 Å². The lowest BCUT2D eigenvalue weighted by Crippen LogP contribution is -2.22. The molecule has 5 nitrogen and oxygen atoms in total. The maximum Gasteiger partial charge on any atom is 0.243 e. The summed E-state index contributed by atoms with van der Waals surface area (Å²) in [7, 11) is 0. The van der Waals surface area contributed by atoms with Crippen molar-refractivity contribution in [2.45, 2.75) is 32.8 Å². The molecule has 138 valence electrons. The lowest BCUT2D eigenvalue weighted by Gasteiger charge is -2.18. The third kappa shape index (κ3) is 5.15. The van der Waals surface area contributed by atoms with Crippen LogP contribution in [0.1, 0.15) is 26.7 Å². The highest BCUT2D eigenvalue weighted by Crippen LogP contribution is 2.22. The summed E-state index contributed by atoms with van der Waals surface area (Å²) in [6.45, 7) is 6.47. The van der Waals surface area contributed by atoms with E-state index in [-0.39, 0.29) is 18.6 Å². The zero-order chi connectivity index (χ0) is 18.4. The Kier molecular flexibility index (Phi) is 6.00. The lowest BCUT2D eigenvalue weighted by atomic mass is 10.2. The van der Waals surface area contributed by atoms with Gasteiger partial charge in [0.05, 0.1) is 12.6 Å². The first-order valence-electron chi connectivity index (χ1n) is 9.25. The van der Waals surface area contributed by atoms with E-state index < -0.39 is 0 Å². The molecule has 1 fully saturated rings. The van der Waals surface area contributed by atoms with Gasteiger partial charge in [-0.1, -0.05) is 0 Å². The molecule has 3 rings (SSSR count). The van der Waals surface area contributed by atoms with Crippen LogP contribution >= 0.6 is 0 Å². The van der Waals surface area contributed by atoms with Gasteiger partial charge in [0.2, 0.25) is 5.91 Å². The predicted molar refractivity (Wildman–Crippen MR) is 107 cm³/mol. The van der Waals surface area contributed by atoms with Crippen LogP contribution in [0, 0.1) is 0 Å². The number of carbonyl (C=O) groups excluding carboxylic acids is 1. The molecule has 2 aromatic carbocycles.